The van der Waals surface area contributed by atoms with Gasteiger partial charge in [-0.3, -0.25) is 4.79 Å². The second kappa shape index (κ2) is 3.42. The summed E-state index contributed by atoms with van der Waals surface area (Å²) in [7, 11) is 0. The lowest BCUT2D eigenvalue weighted by Crippen LogP contribution is -1.98. The Morgan fingerprint density at radius 2 is 2.43 bits per heavy atom. The number of rotatable bonds is 2. The number of carboxylic acids is 1. The summed E-state index contributed by atoms with van der Waals surface area (Å²) >= 11 is 3.29. The summed E-state index contributed by atoms with van der Waals surface area (Å²) in [6.45, 7) is 0. The second-order valence-electron chi connectivity index (χ2n) is 2.93. The van der Waals surface area contributed by atoms with E-state index < -0.39 is 5.97 Å². The number of carbonyl (C=O) groups is 1. The van der Waals surface area contributed by atoms with Gasteiger partial charge in [-0.2, -0.15) is 0 Å². The number of aromatic amines is 1. The molecule has 0 atom stereocenters. The summed E-state index contributed by atoms with van der Waals surface area (Å²) in [5.74, 6) is -0.842. The van der Waals surface area contributed by atoms with Crippen LogP contribution in [0.4, 0.5) is 0 Å². The molecule has 5 heteroatoms. The molecule has 72 valence electrons. The van der Waals surface area contributed by atoms with Crippen LogP contribution in [0.3, 0.4) is 0 Å². The molecule has 2 N–H and O–H groups in total. The van der Waals surface area contributed by atoms with Gasteiger partial charge < -0.3 is 10.1 Å². The Balaban J connectivity index is 2.55. The third-order valence-electron chi connectivity index (χ3n) is 1.93. The van der Waals surface area contributed by atoms with Crippen molar-refractivity contribution in [3.63, 3.8) is 0 Å². The monoisotopic (exact) mass is 254 g/mol. The summed E-state index contributed by atoms with van der Waals surface area (Å²) in [6.07, 6.45) is 3.36. The first-order chi connectivity index (χ1) is 6.66. The van der Waals surface area contributed by atoms with Gasteiger partial charge in [-0.05, 0) is 27.6 Å². The van der Waals surface area contributed by atoms with Gasteiger partial charge in [0.05, 0.1) is 6.42 Å². The molecule has 4 nitrogen and oxygen atoms in total. The zero-order valence-corrected chi connectivity index (χ0v) is 8.71. The van der Waals surface area contributed by atoms with Gasteiger partial charge in [-0.1, -0.05) is 0 Å². The molecule has 0 saturated heterocycles. The molecule has 0 aliphatic heterocycles. The van der Waals surface area contributed by atoms with E-state index in [1.54, 1.807) is 12.4 Å². The molecule has 2 aromatic heterocycles. The minimum atomic E-state index is -0.842. The van der Waals surface area contributed by atoms with Gasteiger partial charge in [0, 0.05) is 22.3 Å². The Labute approximate surface area is 88.1 Å². The lowest BCUT2D eigenvalue weighted by Gasteiger charge is -1.94. The van der Waals surface area contributed by atoms with Crippen molar-refractivity contribution >= 4 is 32.9 Å². The third kappa shape index (κ3) is 1.63. The Morgan fingerprint density at radius 3 is 3.14 bits per heavy atom. The number of pyridine rings is 1. The maximum Gasteiger partial charge on any atom is 0.307 e. The molecule has 0 aliphatic rings. The molecule has 0 aromatic carbocycles. The van der Waals surface area contributed by atoms with Crippen LogP contribution >= 0.6 is 15.9 Å². The first-order valence-corrected chi connectivity index (χ1v) is 4.79. The maximum absolute atomic E-state index is 10.5. The number of nitrogens with zero attached hydrogens (tertiary/aromatic N) is 1. The molecule has 0 fully saturated rings. The van der Waals surface area contributed by atoms with Gasteiger partial charge in [0.25, 0.3) is 0 Å². The largest absolute Gasteiger partial charge is 0.481 e. The molecule has 0 unspecified atom stereocenters. The van der Waals surface area contributed by atoms with Crippen LogP contribution in [-0.2, 0) is 11.2 Å². The summed E-state index contributed by atoms with van der Waals surface area (Å²) in [6, 6.07) is 1.86. The fourth-order valence-electron chi connectivity index (χ4n) is 1.34. The van der Waals surface area contributed by atoms with E-state index in [-0.39, 0.29) is 6.42 Å². The molecule has 0 amide bonds. The number of nitrogens with one attached hydrogen (secondary N) is 1. The third-order valence-corrected chi connectivity index (χ3v) is 2.36. The van der Waals surface area contributed by atoms with Crippen LogP contribution in [0.1, 0.15) is 5.56 Å². The Morgan fingerprint density at radius 1 is 1.64 bits per heavy atom. The Hall–Kier alpha value is -1.36. The number of aliphatic carboxylic acids is 1. The predicted molar refractivity (Wildman–Crippen MR) is 55.1 cm³/mol. The molecule has 2 rings (SSSR count). The summed E-state index contributed by atoms with van der Waals surface area (Å²) in [5.41, 5.74) is 1.46. The van der Waals surface area contributed by atoms with E-state index in [0.717, 1.165) is 15.4 Å². The fourth-order valence-corrected chi connectivity index (χ4v) is 1.67. The average molecular weight is 255 g/mol. The molecule has 14 heavy (non-hydrogen) atoms. The summed E-state index contributed by atoms with van der Waals surface area (Å²) in [4.78, 5) is 17.6. The molecule has 2 aromatic rings. The zero-order chi connectivity index (χ0) is 10.1. The van der Waals surface area contributed by atoms with Crippen LogP contribution < -0.4 is 0 Å². The highest BCUT2D eigenvalue weighted by Gasteiger charge is 2.08. The van der Waals surface area contributed by atoms with Crippen LogP contribution in [0, 0.1) is 0 Å². The highest BCUT2D eigenvalue weighted by Crippen LogP contribution is 2.20. The number of H-pyrrole nitrogens is 1. The van der Waals surface area contributed by atoms with Crippen LogP contribution in [0.25, 0.3) is 11.0 Å². The van der Waals surface area contributed by atoms with Crippen molar-refractivity contribution in [3.8, 4) is 0 Å². The van der Waals surface area contributed by atoms with E-state index in [1.165, 1.54) is 0 Å². The number of carboxylic acid groups (broad SMARTS) is 1. The lowest BCUT2D eigenvalue weighted by atomic mass is 10.2. The molecule has 0 bridgehead atoms. The summed E-state index contributed by atoms with van der Waals surface area (Å²) < 4.78 is 0.844. The van der Waals surface area contributed by atoms with E-state index in [2.05, 4.69) is 25.9 Å². The van der Waals surface area contributed by atoms with Gasteiger partial charge in [0.15, 0.2) is 0 Å². The van der Waals surface area contributed by atoms with Crippen LogP contribution in [0.2, 0.25) is 0 Å². The number of hydrogen-bond donors (Lipinski definition) is 2. The molecule has 0 aliphatic carbocycles. The highest BCUT2D eigenvalue weighted by molar-refractivity contribution is 9.10. The van der Waals surface area contributed by atoms with E-state index in [1.807, 2.05) is 6.07 Å². The van der Waals surface area contributed by atoms with Gasteiger partial charge in [-0.15, -0.1) is 0 Å². The van der Waals surface area contributed by atoms with Crippen molar-refractivity contribution in [1.82, 2.24) is 9.97 Å². The molecule has 2 heterocycles. The zero-order valence-electron chi connectivity index (χ0n) is 7.12. The fraction of sp³-hybridized carbons (Fsp3) is 0.111. The van der Waals surface area contributed by atoms with E-state index in [9.17, 15) is 4.79 Å². The summed E-state index contributed by atoms with van der Waals surface area (Å²) in [5, 5.41) is 9.52. The van der Waals surface area contributed by atoms with E-state index >= 15 is 0 Å². The first-order valence-electron chi connectivity index (χ1n) is 4.00. The van der Waals surface area contributed by atoms with E-state index in [4.69, 9.17) is 5.11 Å². The van der Waals surface area contributed by atoms with Crippen molar-refractivity contribution in [2.24, 2.45) is 0 Å². The van der Waals surface area contributed by atoms with Crippen LogP contribution in [0.5, 0.6) is 0 Å². The van der Waals surface area contributed by atoms with Crippen molar-refractivity contribution < 1.29 is 9.90 Å². The average Bonchev–Trinajstić information content (AvgIpc) is 2.47. The maximum atomic E-state index is 10.5. The van der Waals surface area contributed by atoms with Crippen molar-refractivity contribution in [1.29, 1.82) is 0 Å². The molecular formula is C9H7BrN2O2. The van der Waals surface area contributed by atoms with Gasteiger partial charge >= 0.3 is 5.97 Å². The Kier molecular flexibility index (Phi) is 2.25. The van der Waals surface area contributed by atoms with Crippen molar-refractivity contribution in [2.75, 3.05) is 0 Å². The predicted octanol–water partition coefficient (Wildman–Crippen LogP) is 1.95. The minimum absolute atomic E-state index is 0.0120. The van der Waals surface area contributed by atoms with Gasteiger partial charge in [0.1, 0.15) is 5.65 Å². The molecule has 0 saturated carbocycles. The number of aromatic nitrogens is 2. The topological polar surface area (TPSA) is 66.0 Å². The standard InChI is InChI=1S/C9H7BrN2O2/c10-6-2-7-5(1-8(13)14)3-11-9(7)12-4-6/h2-4H,1H2,(H,11,12)(H,13,14). The van der Waals surface area contributed by atoms with Crippen LogP contribution in [-0.4, -0.2) is 21.0 Å². The molecule has 0 radical (unpaired) electrons. The van der Waals surface area contributed by atoms with Gasteiger partial charge in [0.2, 0.25) is 0 Å². The number of fused-ring (bicyclic) bond motifs is 1. The van der Waals surface area contributed by atoms with Crippen molar-refractivity contribution in [2.45, 2.75) is 6.42 Å². The molecule has 0 spiro atoms. The van der Waals surface area contributed by atoms with E-state index in [0.29, 0.717) is 5.65 Å². The normalized spacial score (nSPS) is 10.6. The van der Waals surface area contributed by atoms with Gasteiger partial charge in [-0.25, -0.2) is 4.98 Å². The highest BCUT2D eigenvalue weighted by atomic mass is 79.9. The Bertz CT molecular complexity index is 493. The molecular weight excluding hydrogens is 248 g/mol. The van der Waals surface area contributed by atoms with Crippen molar-refractivity contribution in [3.05, 3.63) is 28.5 Å². The quantitative estimate of drug-likeness (QED) is 0.861. The SMILES string of the molecule is O=C(O)Cc1c[nH]c2ncc(Br)cc12. The number of hydrogen-bond acceptors (Lipinski definition) is 2. The first kappa shape index (κ1) is 9.21. The minimum Gasteiger partial charge on any atom is -0.481 e. The van der Waals surface area contributed by atoms with Crippen LogP contribution in [0.15, 0.2) is 22.9 Å². The second-order valence-corrected chi connectivity index (χ2v) is 3.85. The lowest BCUT2D eigenvalue weighted by molar-refractivity contribution is -0.136. The number of halogens is 1. The smallest absolute Gasteiger partial charge is 0.307 e.